The number of nitrogens with zero attached hydrogens (tertiary/aromatic N) is 1. The van der Waals surface area contributed by atoms with Gasteiger partial charge < -0.3 is 30.2 Å². The summed E-state index contributed by atoms with van der Waals surface area (Å²) < 4.78 is 17.1. The number of thiocarbonyl (C=S) groups is 1. The fourth-order valence-corrected chi connectivity index (χ4v) is 4.62. The number of hydrogen-bond donors (Lipinski definition) is 3. The number of amides is 1. The van der Waals surface area contributed by atoms with Gasteiger partial charge in [-0.1, -0.05) is 36.8 Å². The van der Waals surface area contributed by atoms with Gasteiger partial charge in [-0.15, -0.1) is 0 Å². The minimum atomic E-state index is -0.211. The lowest BCUT2D eigenvalue weighted by molar-refractivity contribution is -0.117. The lowest BCUT2D eigenvalue weighted by atomic mass is 10.0. The van der Waals surface area contributed by atoms with E-state index in [2.05, 4.69) is 20.9 Å². The van der Waals surface area contributed by atoms with Crippen LogP contribution in [0, 0.1) is 0 Å². The third kappa shape index (κ3) is 6.49. The van der Waals surface area contributed by atoms with Crippen LogP contribution in [0.25, 0.3) is 0 Å². The maximum Gasteiger partial charge on any atom is 0.256 e. The lowest BCUT2D eigenvalue weighted by Crippen LogP contribution is -2.39. The van der Waals surface area contributed by atoms with E-state index in [0.717, 1.165) is 28.9 Å². The topological polar surface area (TPSA) is 93.7 Å². The summed E-state index contributed by atoms with van der Waals surface area (Å²) >= 11 is 12.0. The molecule has 2 aliphatic heterocycles. The van der Waals surface area contributed by atoms with E-state index in [1.807, 2.05) is 31.2 Å². The van der Waals surface area contributed by atoms with E-state index in [0.29, 0.717) is 67.3 Å². The van der Waals surface area contributed by atoms with Crippen LogP contribution >= 0.6 is 23.8 Å². The Labute approximate surface area is 215 Å². The maximum absolute atomic E-state index is 12.8. The average molecular weight is 517 g/mol. The highest BCUT2D eigenvalue weighted by Crippen LogP contribution is 2.26. The van der Waals surface area contributed by atoms with Crippen LogP contribution < -0.4 is 20.7 Å². The van der Waals surface area contributed by atoms with Gasteiger partial charge in [0, 0.05) is 47.7 Å². The predicted molar refractivity (Wildman–Crippen MR) is 139 cm³/mol. The Balaban J connectivity index is 1.48. The number of anilines is 1. The smallest absolute Gasteiger partial charge is 0.256 e. The summed E-state index contributed by atoms with van der Waals surface area (Å²) in [5.74, 6) is 0.445. The van der Waals surface area contributed by atoms with E-state index in [-0.39, 0.29) is 12.0 Å². The number of hydrogen-bond acceptors (Lipinski definition) is 7. The number of ether oxygens (including phenoxy) is 3. The van der Waals surface area contributed by atoms with Crippen LogP contribution in [0.2, 0.25) is 5.02 Å². The second-order valence-corrected chi connectivity index (χ2v) is 8.96. The Bertz CT molecular complexity index is 1100. The molecule has 3 heterocycles. The molecular weight excluding hydrogens is 488 g/mol. The normalized spacial score (nSPS) is 18.1. The number of nitrogens with one attached hydrogen (secondary N) is 3. The van der Waals surface area contributed by atoms with Crippen molar-refractivity contribution in [2.24, 2.45) is 0 Å². The second-order valence-electron chi connectivity index (χ2n) is 8.15. The number of halogens is 1. The molecule has 3 N–H and O–H groups in total. The number of carbonyl (C=O) groups is 1. The number of benzene rings is 1. The molecule has 186 valence electrons. The molecule has 0 radical (unpaired) electrons. The molecule has 2 aliphatic rings. The van der Waals surface area contributed by atoms with Crippen LogP contribution in [0.5, 0.6) is 5.75 Å². The highest BCUT2D eigenvalue weighted by molar-refractivity contribution is 7.81. The number of aromatic nitrogens is 1. The molecular formula is C25H29ClN4O4S. The number of carbonyl (C=O) groups excluding carboxylic acids is 1. The van der Waals surface area contributed by atoms with Crippen LogP contribution in [0.4, 0.5) is 5.69 Å². The van der Waals surface area contributed by atoms with Crippen LogP contribution in [-0.4, -0.2) is 55.0 Å². The highest BCUT2D eigenvalue weighted by atomic mass is 35.5. The predicted octanol–water partition coefficient (Wildman–Crippen LogP) is 3.39. The molecule has 0 saturated carbocycles. The summed E-state index contributed by atoms with van der Waals surface area (Å²) in [4.78, 5) is 17.3. The van der Waals surface area contributed by atoms with Crippen molar-refractivity contribution in [3.05, 3.63) is 64.1 Å². The highest BCUT2D eigenvalue weighted by Gasteiger charge is 2.25. The Morgan fingerprint density at radius 2 is 2.23 bits per heavy atom. The third-order valence-corrected chi connectivity index (χ3v) is 6.47. The molecule has 1 saturated heterocycles. The standard InChI is InChI=1S/C25H29ClN4O4S/c1-2-18-19(26)4-3-5-20(18)30-25(35)23-21(7-9-28-24(23)31)29-12-16-6-8-27-13-22(16)34-15-17-14-32-10-11-33-17/h3-6,8,13,17,29H,2,7,9-12,14-15H2,1H3,(H,28,31)(H,30,35)/t17-/m0/s1. The van der Waals surface area contributed by atoms with Gasteiger partial charge in [0.05, 0.1) is 31.6 Å². The van der Waals surface area contributed by atoms with Crippen molar-refractivity contribution in [2.75, 3.05) is 38.3 Å². The Kier molecular flexibility index (Phi) is 8.92. The fraction of sp³-hybridized carbons (Fsp3) is 0.400. The van der Waals surface area contributed by atoms with Gasteiger partial charge in [-0.2, -0.15) is 0 Å². The summed E-state index contributed by atoms with van der Waals surface area (Å²) in [5, 5.41) is 10.2. The summed E-state index contributed by atoms with van der Waals surface area (Å²) in [5.41, 5.74) is 3.87. The van der Waals surface area contributed by atoms with Crippen molar-refractivity contribution in [3.8, 4) is 5.75 Å². The molecule has 1 amide bonds. The molecule has 1 aromatic carbocycles. The van der Waals surface area contributed by atoms with Crippen LogP contribution in [0.3, 0.4) is 0 Å². The van der Waals surface area contributed by atoms with Crippen molar-refractivity contribution in [2.45, 2.75) is 32.4 Å². The first-order chi connectivity index (χ1) is 17.1. The van der Waals surface area contributed by atoms with Gasteiger partial charge in [0.1, 0.15) is 23.4 Å². The van der Waals surface area contributed by atoms with Gasteiger partial charge in [-0.05, 0) is 30.2 Å². The monoisotopic (exact) mass is 516 g/mol. The number of rotatable bonds is 9. The Morgan fingerprint density at radius 1 is 1.34 bits per heavy atom. The van der Waals surface area contributed by atoms with E-state index < -0.39 is 0 Å². The molecule has 0 aliphatic carbocycles. The lowest BCUT2D eigenvalue weighted by Gasteiger charge is -2.25. The quantitative estimate of drug-likeness (QED) is 0.437. The molecule has 8 nitrogen and oxygen atoms in total. The van der Waals surface area contributed by atoms with Gasteiger partial charge >= 0.3 is 0 Å². The first-order valence-electron chi connectivity index (χ1n) is 11.7. The van der Waals surface area contributed by atoms with Crippen molar-refractivity contribution >= 4 is 40.4 Å². The van der Waals surface area contributed by atoms with E-state index in [1.165, 1.54) is 0 Å². The van der Waals surface area contributed by atoms with Crippen molar-refractivity contribution in [1.82, 2.24) is 15.6 Å². The molecule has 2 aromatic rings. The SMILES string of the molecule is CCc1c(Cl)cccc1NC(=S)C1=C(NCc2ccncc2OC[C@@H]2COCCO2)CCNC1=O. The van der Waals surface area contributed by atoms with Gasteiger partial charge in [-0.25, -0.2) is 0 Å². The summed E-state index contributed by atoms with van der Waals surface area (Å²) in [6.45, 7) is 5.07. The molecule has 1 aromatic heterocycles. The minimum Gasteiger partial charge on any atom is -0.489 e. The van der Waals surface area contributed by atoms with Gasteiger partial charge in [0.15, 0.2) is 0 Å². The van der Waals surface area contributed by atoms with Crippen LogP contribution in [0.1, 0.15) is 24.5 Å². The second kappa shape index (κ2) is 12.3. The maximum atomic E-state index is 12.8. The van der Waals surface area contributed by atoms with Gasteiger partial charge in [0.25, 0.3) is 5.91 Å². The van der Waals surface area contributed by atoms with Crippen molar-refractivity contribution < 1.29 is 19.0 Å². The molecule has 10 heteroatoms. The van der Waals surface area contributed by atoms with E-state index >= 15 is 0 Å². The van der Waals surface area contributed by atoms with Crippen LogP contribution in [0.15, 0.2) is 47.9 Å². The van der Waals surface area contributed by atoms with Gasteiger partial charge in [-0.3, -0.25) is 9.78 Å². The molecule has 0 bridgehead atoms. The number of pyridine rings is 1. The van der Waals surface area contributed by atoms with E-state index in [4.69, 9.17) is 38.0 Å². The summed E-state index contributed by atoms with van der Waals surface area (Å²) in [6.07, 6.45) is 4.66. The third-order valence-electron chi connectivity index (χ3n) is 5.81. The zero-order chi connectivity index (χ0) is 24.6. The molecule has 1 fully saturated rings. The van der Waals surface area contributed by atoms with Crippen LogP contribution in [-0.2, 0) is 27.2 Å². The van der Waals surface area contributed by atoms with Crippen molar-refractivity contribution in [3.63, 3.8) is 0 Å². The molecule has 35 heavy (non-hydrogen) atoms. The first-order valence-corrected chi connectivity index (χ1v) is 12.4. The Hall–Kier alpha value is -2.72. The van der Waals surface area contributed by atoms with Gasteiger partial charge in [0.2, 0.25) is 0 Å². The Morgan fingerprint density at radius 3 is 3.03 bits per heavy atom. The van der Waals surface area contributed by atoms with E-state index in [1.54, 1.807) is 12.4 Å². The van der Waals surface area contributed by atoms with E-state index in [9.17, 15) is 4.79 Å². The molecule has 0 unspecified atom stereocenters. The average Bonchev–Trinajstić information content (AvgIpc) is 2.87. The zero-order valence-corrected chi connectivity index (χ0v) is 21.1. The largest absolute Gasteiger partial charge is 0.489 e. The zero-order valence-electron chi connectivity index (χ0n) is 19.6. The molecule has 1 atom stereocenters. The minimum absolute atomic E-state index is 0.107. The molecule has 0 spiro atoms. The summed E-state index contributed by atoms with van der Waals surface area (Å²) in [6, 6.07) is 7.50. The molecule has 4 rings (SSSR count). The fourth-order valence-electron chi connectivity index (χ4n) is 3.99. The van der Waals surface area contributed by atoms with Crippen molar-refractivity contribution in [1.29, 1.82) is 0 Å². The summed E-state index contributed by atoms with van der Waals surface area (Å²) in [7, 11) is 0. The first kappa shape index (κ1) is 25.4.